The van der Waals surface area contributed by atoms with Crippen LogP contribution in [0.5, 0.6) is 0 Å². The molecule has 4 aromatic rings. The third-order valence-corrected chi connectivity index (χ3v) is 9.75. The second-order valence-electron chi connectivity index (χ2n) is 9.08. The van der Waals surface area contributed by atoms with Gasteiger partial charge in [0, 0.05) is 10.2 Å². The van der Waals surface area contributed by atoms with Gasteiger partial charge in [-0.1, -0.05) is 56.7 Å². The lowest BCUT2D eigenvalue weighted by molar-refractivity contribution is -0.122. The maximum Gasteiger partial charge on any atom is 0.308 e. The lowest BCUT2D eigenvalue weighted by Gasteiger charge is -2.29. The molecule has 2 aliphatic heterocycles. The highest BCUT2D eigenvalue weighted by Crippen LogP contribution is 2.53. The summed E-state index contributed by atoms with van der Waals surface area (Å²) in [6, 6.07) is 17.8. The number of amides is 3. The Labute approximate surface area is 233 Å². The van der Waals surface area contributed by atoms with Gasteiger partial charge in [-0.15, -0.1) is 0 Å². The molecule has 2 aliphatic rings. The van der Waals surface area contributed by atoms with Gasteiger partial charge in [0.05, 0.1) is 33.7 Å². The standard InChI is InChI=1S/C27H20BrN3O5S2/c1-14-4-8-16(9-5-14)29-19(32)13-30-26-23(38-27(30)35)20(18-3-2-12-36-18)21-22(37-26)25(34)31(24(21)33)17-10-6-15(28)7-11-17/h2-12,20-22H,13H2,1H3,(H,29,32). The first-order valence-corrected chi connectivity index (χ1v) is 14.2. The minimum Gasteiger partial charge on any atom is -0.469 e. The molecule has 2 aromatic heterocycles. The molecule has 0 radical (unpaired) electrons. The van der Waals surface area contributed by atoms with Gasteiger partial charge in [-0.2, -0.15) is 0 Å². The zero-order valence-corrected chi connectivity index (χ0v) is 23.1. The second kappa shape index (κ2) is 9.72. The van der Waals surface area contributed by atoms with Crippen LogP contribution in [0.4, 0.5) is 11.4 Å². The predicted molar refractivity (Wildman–Crippen MR) is 149 cm³/mol. The molecule has 0 aliphatic carbocycles. The zero-order chi connectivity index (χ0) is 26.6. The smallest absolute Gasteiger partial charge is 0.308 e. The van der Waals surface area contributed by atoms with E-state index in [0.29, 0.717) is 27.0 Å². The number of anilines is 2. The summed E-state index contributed by atoms with van der Waals surface area (Å²) in [5.74, 6) is -1.93. The van der Waals surface area contributed by atoms with Crippen LogP contribution in [-0.2, 0) is 20.9 Å². The number of thioether (sulfide) groups is 1. The summed E-state index contributed by atoms with van der Waals surface area (Å²) in [7, 11) is 0. The summed E-state index contributed by atoms with van der Waals surface area (Å²) in [5, 5.41) is 2.57. The van der Waals surface area contributed by atoms with E-state index in [-0.39, 0.29) is 29.1 Å². The number of halogens is 1. The fourth-order valence-corrected chi connectivity index (χ4v) is 7.87. The average Bonchev–Trinajstić information content (AvgIpc) is 3.59. The van der Waals surface area contributed by atoms with E-state index >= 15 is 0 Å². The molecule has 1 saturated heterocycles. The van der Waals surface area contributed by atoms with Crippen molar-refractivity contribution in [2.45, 2.75) is 29.7 Å². The normalized spacial score (nSPS) is 20.4. The highest BCUT2D eigenvalue weighted by atomic mass is 79.9. The summed E-state index contributed by atoms with van der Waals surface area (Å²) in [5.41, 5.74) is 2.17. The van der Waals surface area contributed by atoms with Crippen LogP contribution in [0.3, 0.4) is 0 Å². The van der Waals surface area contributed by atoms with Crippen LogP contribution in [0.1, 0.15) is 22.1 Å². The van der Waals surface area contributed by atoms with Crippen molar-refractivity contribution >= 4 is 68.1 Å². The fraction of sp³-hybridized carbons (Fsp3) is 0.185. The molecule has 192 valence electrons. The second-order valence-corrected chi connectivity index (χ2v) is 12.1. The first-order chi connectivity index (χ1) is 18.3. The minimum atomic E-state index is -0.769. The lowest BCUT2D eigenvalue weighted by atomic mass is 9.87. The predicted octanol–water partition coefficient (Wildman–Crippen LogP) is 5.01. The molecular weight excluding hydrogens is 590 g/mol. The number of aryl methyl sites for hydroxylation is 1. The molecule has 4 heterocycles. The molecule has 3 atom stereocenters. The Morgan fingerprint density at radius 3 is 2.45 bits per heavy atom. The van der Waals surface area contributed by atoms with Crippen LogP contribution < -0.4 is 15.1 Å². The van der Waals surface area contributed by atoms with E-state index in [0.717, 1.165) is 21.4 Å². The number of imide groups is 1. The Bertz CT molecular complexity index is 1610. The van der Waals surface area contributed by atoms with Crippen molar-refractivity contribution in [1.82, 2.24) is 4.57 Å². The van der Waals surface area contributed by atoms with Crippen molar-refractivity contribution in [3.63, 3.8) is 0 Å². The maximum absolute atomic E-state index is 13.7. The van der Waals surface area contributed by atoms with Gasteiger partial charge >= 0.3 is 4.87 Å². The van der Waals surface area contributed by atoms with Crippen molar-refractivity contribution in [2.75, 3.05) is 10.2 Å². The summed E-state index contributed by atoms with van der Waals surface area (Å²) >= 11 is 5.54. The summed E-state index contributed by atoms with van der Waals surface area (Å²) in [6.07, 6.45) is 1.51. The summed E-state index contributed by atoms with van der Waals surface area (Å²) < 4.78 is 7.93. The molecule has 11 heteroatoms. The molecule has 3 unspecified atom stereocenters. The Balaban J connectivity index is 1.38. The quantitative estimate of drug-likeness (QED) is 0.319. The molecular formula is C27H20BrN3O5S2. The molecule has 38 heavy (non-hydrogen) atoms. The van der Waals surface area contributed by atoms with Gasteiger partial charge in [0.25, 0.3) is 0 Å². The molecule has 1 N–H and O–H groups in total. The number of benzene rings is 2. The van der Waals surface area contributed by atoms with Crippen LogP contribution in [0.15, 0.2) is 85.6 Å². The monoisotopic (exact) mass is 609 g/mol. The van der Waals surface area contributed by atoms with E-state index in [1.807, 2.05) is 19.1 Å². The first-order valence-electron chi connectivity index (χ1n) is 11.8. The molecule has 0 spiro atoms. The highest BCUT2D eigenvalue weighted by Gasteiger charge is 2.57. The van der Waals surface area contributed by atoms with Crippen LogP contribution in [0.25, 0.3) is 0 Å². The van der Waals surface area contributed by atoms with Crippen molar-refractivity contribution in [3.8, 4) is 0 Å². The number of hydrogen-bond donors (Lipinski definition) is 1. The number of carbonyl (C=O) groups is 3. The number of hydrogen-bond acceptors (Lipinski definition) is 7. The highest BCUT2D eigenvalue weighted by molar-refractivity contribution is 9.10. The number of nitrogens with one attached hydrogen (secondary N) is 1. The minimum absolute atomic E-state index is 0.216. The van der Waals surface area contributed by atoms with E-state index in [1.165, 1.54) is 27.5 Å². The third kappa shape index (κ3) is 4.24. The van der Waals surface area contributed by atoms with E-state index in [4.69, 9.17) is 4.42 Å². The number of fused-ring (bicyclic) bond motifs is 2. The van der Waals surface area contributed by atoms with E-state index < -0.39 is 17.1 Å². The van der Waals surface area contributed by atoms with Gasteiger partial charge < -0.3 is 9.73 Å². The Morgan fingerprint density at radius 1 is 1.03 bits per heavy atom. The molecule has 6 rings (SSSR count). The Kier molecular flexibility index (Phi) is 6.37. The van der Waals surface area contributed by atoms with Gasteiger partial charge in [0.1, 0.15) is 17.6 Å². The number of nitrogens with zero attached hydrogens (tertiary/aromatic N) is 2. The van der Waals surface area contributed by atoms with Crippen LogP contribution >= 0.6 is 39.0 Å². The number of furan rings is 1. The van der Waals surface area contributed by atoms with Gasteiger partial charge in [-0.3, -0.25) is 23.7 Å². The SMILES string of the molecule is Cc1ccc(NC(=O)Cn2c3c(sc2=O)C(c2ccco2)C2C(=O)N(c4ccc(Br)cc4)C(=O)C2S3)cc1. The van der Waals surface area contributed by atoms with Crippen LogP contribution in [0, 0.1) is 12.8 Å². The van der Waals surface area contributed by atoms with Crippen LogP contribution in [0.2, 0.25) is 0 Å². The first kappa shape index (κ1) is 24.9. The van der Waals surface area contributed by atoms with Crippen molar-refractivity contribution < 1.29 is 18.8 Å². The number of aromatic nitrogens is 1. The van der Waals surface area contributed by atoms with E-state index in [1.54, 1.807) is 48.5 Å². The molecule has 0 saturated carbocycles. The van der Waals surface area contributed by atoms with Crippen LogP contribution in [-0.4, -0.2) is 27.5 Å². The van der Waals surface area contributed by atoms with Gasteiger partial charge in [0.2, 0.25) is 17.7 Å². The van der Waals surface area contributed by atoms with Gasteiger partial charge in [0.15, 0.2) is 0 Å². The number of rotatable bonds is 5. The zero-order valence-electron chi connectivity index (χ0n) is 19.9. The molecule has 1 fully saturated rings. The fourth-order valence-electron chi connectivity index (χ4n) is 4.86. The lowest BCUT2D eigenvalue weighted by Crippen LogP contribution is -2.32. The molecule has 2 aromatic carbocycles. The number of thiazole rings is 1. The Hall–Kier alpha value is -3.41. The van der Waals surface area contributed by atoms with Crippen molar-refractivity contribution in [2.24, 2.45) is 5.92 Å². The average molecular weight is 611 g/mol. The maximum atomic E-state index is 13.7. The van der Waals surface area contributed by atoms with Gasteiger partial charge in [-0.05, 0) is 55.5 Å². The molecule has 3 amide bonds. The molecule has 8 nitrogen and oxygen atoms in total. The van der Waals surface area contributed by atoms with Crippen molar-refractivity contribution in [1.29, 1.82) is 0 Å². The van der Waals surface area contributed by atoms with Crippen molar-refractivity contribution in [3.05, 3.63) is 97.3 Å². The largest absolute Gasteiger partial charge is 0.469 e. The molecule has 0 bridgehead atoms. The van der Waals surface area contributed by atoms with E-state index in [9.17, 15) is 19.2 Å². The van der Waals surface area contributed by atoms with Gasteiger partial charge in [-0.25, -0.2) is 4.90 Å². The number of carbonyl (C=O) groups excluding carboxylic acids is 3. The summed E-state index contributed by atoms with van der Waals surface area (Å²) in [4.78, 5) is 54.9. The third-order valence-electron chi connectivity index (χ3n) is 6.62. The van der Waals surface area contributed by atoms with E-state index in [2.05, 4.69) is 21.2 Å². The topological polar surface area (TPSA) is 102 Å². The Morgan fingerprint density at radius 2 is 1.76 bits per heavy atom. The summed E-state index contributed by atoms with van der Waals surface area (Å²) in [6.45, 7) is 1.74.